The third-order valence-corrected chi connectivity index (χ3v) is 3.59. The zero-order valence-electron chi connectivity index (χ0n) is 14.6. The van der Waals surface area contributed by atoms with Crippen LogP contribution < -0.4 is 5.32 Å². The summed E-state index contributed by atoms with van der Waals surface area (Å²) in [4.78, 5) is 26.7. The highest BCUT2D eigenvalue weighted by atomic mass is 16.6. The molecule has 1 fully saturated rings. The fraction of sp³-hybridized carbons (Fsp3) is 0.556. The number of hydrogen-bond acceptors (Lipinski definition) is 4. The van der Waals surface area contributed by atoms with Crippen molar-refractivity contribution in [2.45, 2.75) is 38.8 Å². The zero-order valence-corrected chi connectivity index (χ0v) is 14.6. The lowest BCUT2D eigenvalue weighted by molar-refractivity contribution is -0.137. The SMILES string of the molecule is CC(C)(C)OC(=O)N[C@@H](Cc1ccccc1)C(=O)N1CCOCC1. The van der Waals surface area contributed by atoms with E-state index in [1.54, 1.807) is 25.7 Å². The van der Waals surface area contributed by atoms with Gasteiger partial charge >= 0.3 is 6.09 Å². The predicted molar refractivity (Wildman–Crippen MR) is 90.7 cm³/mol. The monoisotopic (exact) mass is 334 g/mol. The molecule has 1 aromatic carbocycles. The Morgan fingerprint density at radius 1 is 1.21 bits per heavy atom. The van der Waals surface area contributed by atoms with Gasteiger partial charge in [0.15, 0.2) is 0 Å². The molecule has 1 atom stereocenters. The van der Waals surface area contributed by atoms with Crippen LogP contribution in [0.4, 0.5) is 4.79 Å². The van der Waals surface area contributed by atoms with Gasteiger partial charge < -0.3 is 19.7 Å². The number of hydrogen-bond donors (Lipinski definition) is 1. The molecular weight excluding hydrogens is 308 g/mol. The van der Waals surface area contributed by atoms with Gasteiger partial charge in [0.1, 0.15) is 11.6 Å². The molecule has 24 heavy (non-hydrogen) atoms. The Kier molecular flexibility index (Phi) is 6.20. The first-order chi connectivity index (χ1) is 11.3. The van der Waals surface area contributed by atoms with Crippen LogP contribution in [-0.2, 0) is 20.7 Å². The highest BCUT2D eigenvalue weighted by molar-refractivity contribution is 5.86. The van der Waals surface area contributed by atoms with E-state index in [0.29, 0.717) is 32.7 Å². The highest BCUT2D eigenvalue weighted by Crippen LogP contribution is 2.11. The second-order valence-corrected chi connectivity index (χ2v) is 6.83. The van der Waals surface area contributed by atoms with Gasteiger partial charge in [-0.3, -0.25) is 4.79 Å². The van der Waals surface area contributed by atoms with E-state index < -0.39 is 17.7 Å². The summed E-state index contributed by atoms with van der Waals surface area (Å²) in [5.41, 5.74) is 0.379. The van der Waals surface area contributed by atoms with E-state index in [0.717, 1.165) is 5.56 Å². The first-order valence-corrected chi connectivity index (χ1v) is 8.25. The van der Waals surface area contributed by atoms with Crippen molar-refractivity contribution in [2.24, 2.45) is 0 Å². The Morgan fingerprint density at radius 2 is 1.83 bits per heavy atom. The fourth-order valence-corrected chi connectivity index (χ4v) is 2.50. The maximum absolute atomic E-state index is 12.8. The third-order valence-electron chi connectivity index (χ3n) is 3.59. The molecule has 1 saturated heterocycles. The Labute approximate surface area is 143 Å². The van der Waals surface area contributed by atoms with E-state index >= 15 is 0 Å². The van der Waals surface area contributed by atoms with Gasteiger partial charge in [0.05, 0.1) is 13.2 Å². The molecule has 1 N–H and O–H groups in total. The average molecular weight is 334 g/mol. The second-order valence-electron chi connectivity index (χ2n) is 6.83. The van der Waals surface area contributed by atoms with Crippen LogP contribution >= 0.6 is 0 Å². The molecule has 1 aliphatic heterocycles. The molecule has 0 unspecified atom stereocenters. The van der Waals surface area contributed by atoms with Gasteiger partial charge in [-0.15, -0.1) is 0 Å². The van der Waals surface area contributed by atoms with Crippen LogP contribution in [0.25, 0.3) is 0 Å². The fourth-order valence-electron chi connectivity index (χ4n) is 2.50. The van der Waals surface area contributed by atoms with E-state index in [2.05, 4.69) is 5.32 Å². The maximum atomic E-state index is 12.8. The maximum Gasteiger partial charge on any atom is 0.408 e. The molecule has 0 radical (unpaired) electrons. The lowest BCUT2D eigenvalue weighted by Gasteiger charge is -2.31. The Balaban J connectivity index is 2.08. The minimum atomic E-state index is -0.652. The molecule has 0 aliphatic carbocycles. The van der Waals surface area contributed by atoms with E-state index in [9.17, 15) is 9.59 Å². The largest absolute Gasteiger partial charge is 0.444 e. The molecule has 0 bridgehead atoms. The number of alkyl carbamates (subject to hydrolysis) is 1. The number of ether oxygens (including phenoxy) is 2. The quantitative estimate of drug-likeness (QED) is 0.914. The van der Waals surface area contributed by atoms with Gasteiger partial charge in [0, 0.05) is 19.5 Å². The average Bonchev–Trinajstić information content (AvgIpc) is 2.53. The van der Waals surface area contributed by atoms with Crippen molar-refractivity contribution >= 4 is 12.0 Å². The first-order valence-electron chi connectivity index (χ1n) is 8.25. The molecule has 0 spiro atoms. The summed E-state index contributed by atoms with van der Waals surface area (Å²) in [5.74, 6) is -0.104. The molecule has 132 valence electrons. The Bertz CT molecular complexity index is 548. The number of carbonyl (C=O) groups excluding carboxylic acids is 2. The number of benzene rings is 1. The van der Waals surface area contributed by atoms with Crippen molar-refractivity contribution in [3.8, 4) is 0 Å². The summed E-state index contributed by atoms with van der Waals surface area (Å²) < 4.78 is 10.6. The topological polar surface area (TPSA) is 67.9 Å². The summed E-state index contributed by atoms with van der Waals surface area (Å²) in [7, 11) is 0. The third kappa shape index (κ3) is 5.85. The summed E-state index contributed by atoms with van der Waals surface area (Å²) in [6, 6.07) is 8.98. The standard InChI is InChI=1S/C18H26N2O4/c1-18(2,3)24-17(22)19-15(13-14-7-5-4-6-8-14)16(21)20-9-11-23-12-10-20/h4-8,15H,9-13H2,1-3H3,(H,19,22)/t15-/m0/s1. The van der Waals surface area contributed by atoms with Crippen molar-refractivity contribution in [3.63, 3.8) is 0 Å². The molecule has 0 aromatic heterocycles. The van der Waals surface area contributed by atoms with Crippen molar-refractivity contribution in [1.29, 1.82) is 0 Å². The van der Waals surface area contributed by atoms with Crippen LogP contribution in [0.2, 0.25) is 0 Å². The van der Waals surface area contributed by atoms with Crippen LogP contribution in [0, 0.1) is 0 Å². The summed E-state index contributed by atoms with van der Waals surface area (Å²) >= 11 is 0. The van der Waals surface area contributed by atoms with Crippen LogP contribution in [0.15, 0.2) is 30.3 Å². The lowest BCUT2D eigenvalue weighted by Crippen LogP contribution is -2.53. The first kappa shape index (κ1) is 18.3. The highest BCUT2D eigenvalue weighted by Gasteiger charge is 2.29. The minimum absolute atomic E-state index is 0.104. The van der Waals surface area contributed by atoms with Gasteiger partial charge in [-0.25, -0.2) is 4.79 Å². The molecule has 1 aliphatic rings. The molecule has 6 nitrogen and oxygen atoms in total. The summed E-state index contributed by atoms with van der Waals surface area (Å²) in [6.45, 7) is 7.51. The molecule has 6 heteroatoms. The smallest absolute Gasteiger partial charge is 0.408 e. The summed E-state index contributed by atoms with van der Waals surface area (Å²) in [6.07, 6.45) is -0.152. The number of rotatable bonds is 4. The molecule has 1 heterocycles. The molecule has 0 saturated carbocycles. The van der Waals surface area contributed by atoms with Crippen LogP contribution in [0.3, 0.4) is 0 Å². The zero-order chi connectivity index (χ0) is 17.6. The minimum Gasteiger partial charge on any atom is -0.444 e. The van der Waals surface area contributed by atoms with Gasteiger partial charge in [-0.2, -0.15) is 0 Å². The lowest BCUT2D eigenvalue weighted by atomic mass is 10.0. The number of morpholine rings is 1. The number of amides is 2. The molecular formula is C18H26N2O4. The van der Waals surface area contributed by atoms with E-state index in [-0.39, 0.29) is 5.91 Å². The van der Waals surface area contributed by atoms with Crippen molar-refractivity contribution in [2.75, 3.05) is 26.3 Å². The van der Waals surface area contributed by atoms with E-state index in [4.69, 9.17) is 9.47 Å². The summed E-state index contributed by atoms with van der Waals surface area (Å²) in [5, 5.41) is 2.73. The Morgan fingerprint density at radius 3 is 2.42 bits per heavy atom. The van der Waals surface area contributed by atoms with Gasteiger partial charge in [-0.05, 0) is 26.3 Å². The van der Waals surface area contributed by atoms with Gasteiger partial charge in [0.2, 0.25) is 5.91 Å². The van der Waals surface area contributed by atoms with Gasteiger partial charge in [-0.1, -0.05) is 30.3 Å². The van der Waals surface area contributed by atoms with Crippen LogP contribution in [0.1, 0.15) is 26.3 Å². The van der Waals surface area contributed by atoms with Crippen molar-refractivity contribution < 1.29 is 19.1 Å². The van der Waals surface area contributed by atoms with Gasteiger partial charge in [0.25, 0.3) is 0 Å². The molecule has 2 rings (SSSR count). The molecule has 2 amide bonds. The van der Waals surface area contributed by atoms with Crippen LogP contribution in [0.5, 0.6) is 0 Å². The number of carbonyl (C=O) groups is 2. The molecule has 1 aromatic rings. The Hall–Kier alpha value is -2.08. The van der Waals surface area contributed by atoms with Crippen LogP contribution in [-0.4, -0.2) is 54.8 Å². The van der Waals surface area contributed by atoms with Crippen molar-refractivity contribution in [3.05, 3.63) is 35.9 Å². The van der Waals surface area contributed by atoms with E-state index in [1.165, 1.54) is 0 Å². The number of nitrogens with one attached hydrogen (secondary N) is 1. The number of nitrogens with zero attached hydrogens (tertiary/aromatic N) is 1. The van der Waals surface area contributed by atoms with E-state index in [1.807, 2.05) is 30.3 Å². The predicted octanol–water partition coefficient (Wildman–Crippen LogP) is 1.98. The normalized spacial score (nSPS) is 16.4. The second kappa shape index (κ2) is 8.15. The van der Waals surface area contributed by atoms with Crippen molar-refractivity contribution in [1.82, 2.24) is 10.2 Å².